The highest BCUT2D eigenvalue weighted by atomic mass is 15.2. The van der Waals surface area contributed by atoms with Crippen molar-refractivity contribution in [3.8, 4) is 6.07 Å². The molecule has 0 saturated heterocycles. The number of nitriles is 1. The topological polar surface area (TPSA) is 64.8 Å². The van der Waals surface area contributed by atoms with Gasteiger partial charge in [0.05, 0.1) is 12.5 Å². The van der Waals surface area contributed by atoms with Crippen molar-refractivity contribution >= 4 is 11.6 Å². The Hall–Kier alpha value is -1.83. The minimum absolute atomic E-state index is 0.110. The highest BCUT2D eigenvalue weighted by Gasteiger charge is 2.22. The Morgan fingerprint density at radius 1 is 1.24 bits per heavy atom. The van der Waals surface area contributed by atoms with Gasteiger partial charge in [-0.3, -0.25) is 0 Å². The van der Waals surface area contributed by atoms with E-state index >= 15 is 0 Å². The molecule has 1 aromatic rings. The van der Waals surface area contributed by atoms with Crippen LogP contribution in [-0.4, -0.2) is 29.6 Å². The van der Waals surface area contributed by atoms with Gasteiger partial charge in [-0.15, -0.1) is 0 Å². The zero-order valence-electron chi connectivity index (χ0n) is 14.1. The van der Waals surface area contributed by atoms with Gasteiger partial charge in [0, 0.05) is 30.6 Å². The van der Waals surface area contributed by atoms with Crippen molar-refractivity contribution in [1.29, 1.82) is 5.26 Å². The van der Waals surface area contributed by atoms with Crippen LogP contribution in [-0.2, 0) is 5.41 Å². The van der Waals surface area contributed by atoms with E-state index in [1.165, 1.54) is 0 Å². The lowest BCUT2D eigenvalue weighted by Crippen LogP contribution is -2.28. The summed E-state index contributed by atoms with van der Waals surface area (Å²) in [6.45, 7) is 14.9. The fraction of sp³-hybridized carbons (Fsp3) is 0.688. The predicted octanol–water partition coefficient (Wildman–Crippen LogP) is 3.25. The molecule has 21 heavy (non-hydrogen) atoms. The van der Waals surface area contributed by atoms with Crippen LogP contribution in [0.15, 0.2) is 0 Å². The van der Waals surface area contributed by atoms with E-state index in [0.717, 1.165) is 36.1 Å². The van der Waals surface area contributed by atoms with E-state index < -0.39 is 0 Å². The monoisotopic (exact) mass is 289 g/mol. The molecule has 0 amide bonds. The van der Waals surface area contributed by atoms with Gasteiger partial charge in [0.15, 0.2) is 0 Å². The van der Waals surface area contributed by atoms with Crippen LogP contribution < -0.4 is 10.2 Å². The maximum Gasteiger partial charge on any atom is 0.138 e. The van der Waals surface area contributed by atoms with E-state index in [0.29, 0.717) is 13.0 Å². The molecule has 0 spiro atoms. The van der Waals surface area contributed by atoms with Crippen LogP contribution in [0.25, 0.3) is 0 Å². The minimum atomic E-state index is -0.110. The largest absolute Gasteiger partial charge is 0.370 e. The van der Waals surface area contributed by atoms with Crippen molar-refractivity contribution in [3.05, 3.63) is 11.4 Å². The van der Waals surface area contributed by atoms with Gasteiger partial charge in [0.25, 0.3) is 0 Å². The molecule has 0 atom stereocenters. The van der Waals surface area contributed by atoms with Gasteiger partial charge in [0.2, 0.25) is 0 Å². The summed E-state index contributed by atoms with van der Waals surface area (Å²) in [5.74, 6) is 2.65. The molecule has 1 heterocycles. The molecule has 1 N–H and O–H groups in total. The van der Waals surface area contributed by atoms with Crippen molar-refractivity contribution < 1.29 is 0 Å². The standard InChI is InChI=1S/C16H27N5/c1-7-18-13-12(3)14(21(8-2)11-9-10-17)20-15(19-13)16(4,5)6/h7-9,11H2,1-6H3,(H,18,19,20). The average Bonchev–Trinajstić information content (AvgIpc) is 2.42. The Morgan fingerprint density at radius 2 is 1.90 bits per heavy atom. The molecule has 0 aliphatic carbocycles. The average molecular weight is 289 g/mol. The van der Waals surface area contributed by atoms with E-state index in [4.69, 9.17) is 10.2 Å². The second kappa shape index (κ2) is 7.26. The van der Waals surface area contributed by atoms with Crippen LogP contribution >= 0.6 is 0 Å². The molecule has 0 unspecified atom stereocenters. The lowest BCUT2D eigenvalue weighted by Gasteiger charge is -2.27. The molecule has 116 valence electrons. The number of anilines is 2. The van der Waals surface area contributed by atoms with Gasteiger partial charge in [0.1, 0.15) is 17.5 Å². The molecule has 0 aromatic carbocycles. The third-order valence-electron chi connectivity index (χ3n) is 3.31. The second-order valence-electron chi connectivity index (χ2n) is 6.11. The Balaban J connectivity index is 3.34. The first kappa shape index (κ1) is 17.2. The first-order valence-electron chi connectivity index (χ1n) is 7.60. The highest BCUT2D eigenvalue weighted by molar-refractivity contribution is 5.59. The summed E-state index contributed by atoms with van der Waals surface area (Å²) < 4.78 is 0. The van der Waals surface area contributed by atoms with Crippen LogP contribution in [0.3, 0.4) is 0 Å². The Morgan fingerprint density at radius 3 is 2.38 bits per heavy atom. The molecule has 0 saturated carbocycles. The summed E-state index contributed by atoms with van der Waals surface area (Å²) in [5.41, 5.74) is 0.936. The van der Waals surface area contributed by atoms with E-state index in [1.807, 2.05) is 6.92 Å². The normalized spacial score (nSPS) is 11.1. The summed E-state index contributed by atoms with van der Waals surface area (Å²) in [4.78, 5) is 11.6. The van der Waals surface area contributed by atoms with Crippen LogP contribution in [0.4, 0.5) is 11.6 Å². The Labute approximate surface area is 128 Å². The summed E-state index contributed by atoms with van der Waals surface area (Å²) in [6, 6.07) is 2.21. The summed E-state index contributed by atoms with van der Waals surface area (Å²) in [5, 5.41) is 12.1. The fourth-order valence-electron chi connectivity index (χ4n) is 2.09. The van der Waals surface area contributed by atoms with Crippen LogP contribution in [0, 0.1) is 18.3 Å². The lowest BCUT2D eigenvalue weighted by atomic mass is 9.95. The van der Waals surface area contributed by atoms with Gasteiger partial charge in [-0.1, -0.05) is 20.8 Å². The van der Waals surface area contributed by atoms with Crippen molar-refractivity contribution in [2.75, 3.05) is 29.9 Å². The third-order valence-corrected chi connectivity index (χ3v) is 3.31. The maximum absolute atomic E-state index is 8.83. The molecular formula is C16H27N5. The van der Waals surface area contributed by atoms with Crippen LogP contribution in [0.1, 0.15) is 52.4 Å². The lowest BCUT2D eigenvalue weighted by molar-refractivity contribution is 0.544. The van der Waals surface area contributed by atoms with Crippen LogP contribution in [0.5, 0.6) is 0 Å². The number of aromatic nitrogens is 2. The van der Waals surface area contributed by atoms with Gasteiger partial charge in [-0.2, -0.15) is 5.26 Å². The molecule has 0 aliphatic rings. The van der Waals surface area contributed by atoms with E-state index in [2.05, 4.69) is 55.9 Å². The quantitative estimate of drug-likeness (QED) is 0.870. The Bertz CT molecular complexity index is 511. The number of nitrogens with one attached hydrogen (secondary N) is 1. The fourth-order valence-corrected chi connectivity index (χ4v) is 2.09. The van der Waals surface area contributed by atoms with E-state index in [-0.39, 0.29) is 5.41 Å². The van der Waals surface area contributed by atoms with Crippen molar-refractivity contribution in [2.24, 2.45) is 0 Å². The van der Waals surface area contributed by atoms with Gasteiger partial charge >= 0.3 is 0 Å². The zero-order chi connectivity index (χ0) is 16.0. The second-order valence-corrected chi connectivity index (χ2v) is 6.11. The van der Waals surface area contributed by atoms with Crippen molar-refractivity contribution in [3.63, 3.8) is 0 Å². The van der Waals surface area contributed by atoms with Gasteiger partial charge < -0.3 is 10.2 Å². The summed E-state index contributed by atoms with van der Waals surface area (Å²) in [6.07, 6.45) is 0.499. The maximum atomic E-state index is 8.83. The summed E-state index contributed by atoms with van der Waals surface area (Å²) >= 11 is 0. The van der Waals surface area contributed by atoms with Crippen molar-refractivity contribution in [1.82, 2.24) is 9.97 Å². The number of hydrogen-bond acceptors (Lipinski definition) is 5. The van der Waals surface area contributed by atoms with Gasteiger partial charge in [-0.25, -0.2) is 9.97 Å². The highest BCUT2D eigenvalue weighted by Crippen LogP contribution is 2.28. The smallest absolute Gasteiger partial charge is 0.138 e. The molecule has 0 aliphatic heterocycles. The molecule has 0 bridgehead atoms. The first-order valence-corrected chi connectivity index (χ1v) is 7.60. The molecular weight excluding hydrogens is 262 g/mol. The van der Waals surface area contributed by atoms with E-state index in [9.17, 15) is 0 Å². The van der Waals surface area contributed by atoms with Crippen LogP contribution in [0.2, 0.25) is 0 Å². The molecule has 0 radical (unpaired) electrons. The minimum Gasteiger partial charge on any atom is -0.370 e. The zero-order valence-corrected chi connectivity index (χ0v) is 14.1. The third kappa shape index (κ3) is 4.32. The molecule has 5 heteroatoms. The number of rotatable bonds is 6. The molecule has 1 aromatic heterocycles. The first-order chi connectivity index (χ1) is 9.85. The van der Waals surface area contributed by atoms with E-state index in [1.54, 1.807) is 0 Å². The molecule has 0 fully saturated rings. The molecule has 5 nitrogen and oxygen atoms in total. The predicted molar refractivity (Wildman–Crippen MR) is 87.7 cm³/mol. The Kier molecular flexibility index (Phi) is 5.95. The van der Waals surface area contributed by atoms with Gasteiger partial charge in [-0.05, 0) is 20.8 Å². The summed E-state index contributed by atoms with van der Waals surface area (Å²) in [7, 11) is 0. The number of nitrogens with zero attached hydrogens (tertiary/aromatic N) is 4. The van der Waals surface area contributed by atoms with Crippen molar-refractivity contribution in [2.45, 2.75) is 53.4 Å². The molecule has 1 rings (SSSR count). The SMILES string of the molecule is CCNc1nc(C(C)(C)C)nc(N(CC)CCC#N)c1C. The number of hydrogen-bond donors (Lipinski definition) is 1.